The first-order valence-corrected chi connectivity index (χ1v) is 4.84. The molecule has 0 fully saturated rings. The van der Waals surface area contributed by atoms with Crippen LogP contribution in [0.15, 0.2) is 11.4 Å². The summed E-state index contributed by atoms with van der Waals surface area (Å²) in [7, 11) is 0. The molecular formula is C8H12N2O2S. The molecule has 0 aliphatic heterocycles. The van der Waals surface area contributed by atoms with Gasteiger partial charge in [-0.25, -0.2) is 4.79 Å². The predicted molar refractivity (Wildman–Crippen MR) is 52.0 cm³/mol. The van der Waals surface area contributed by atoms with Crippen LogP contribution in [0.4, 0.5) is 0 Å². The topological polar surface area (TPSA) is 75.3 Å². The van der Waals surface area contributed by atoms with Crippen molar-refractivity contribution < 1.29 is 9.90 Å². The third-order valence-electron chi connectivity index (χ3n) is 1.58. The maximum Gasteiger partial charge on any atom is 0.346 e. The lowest BCUT2D eigenvalue weighted by Gasteiger charge is -2.01. The van der Waals surface area contributed by atoms with Gasteiger partial charge in [0.25, 0.3) is 0 Å². The van der Waals surface area contributed by atoms with Gasteiger partial charge in [-0.2, -0.15) is 0 Å². The molecule has 1 heterocycles. The first-order valence-electron chi connectivity index (χ1n) is 3.96. The van der Waals surface area contributed by atoms with E-state index in [0.29, 0.717) is 24.5 Å². The molecule has 0 aliphatic carbocycles. The van der Waals surface area contributed by atoms with Gasteiger partial charge in [-0.15, -0.1) is 11.3 Å². The molecule has 4 N–H and O–H groups in total. The van der Waals surface area contributed by atoms with Gasteiger partial charge in [-0.3, -0.25) is 0 Å². The summed E-state index contributed by atoms with van der Waals surface area (Å²) in [5, 5.41) is 13.6. The van der Waals surface area contributed by atoms with E-state index >= 15 is 0 Å². The minimum atomic E-state index is -0.862. The normalized spacial score (nSPS) is 10.2. The van der Waals surface area contributed by atoms with E-state index in [9.17, 15) is 4.79 Å². The summed E-state index contributed by atoms with van der Waals surface area (Å²) in [5.41, 5.74) is 6.11. The van der Waals surface area contributed by atoms with Crippen LogP contribution < -0.4 is 11.1 Å². The van der Waals surface area contributed by atoms with Gasteiger partial charge in [-0.1, -0.05) is 0 Å². The molecule has 0 radical (unpaired) electrons. The molecule has 0 unspecified atom stereocenters. The van der Waals surface area contributed by atoms with Crippen LogP contribution in [0.2, 0.25) is 0 Å². The number of nitrogens with two attached hydrogens (primary N) is 1. The predicted octanol–water partition coefficient (Wildman–Crippen LogP) is 0.495. The Morgan fingerprint density at radius 2 is 2.46 bits per heavy atom. The molecule has 0 saturated heterocycles. The number of carboxylic acid groups (broad SMARTS) is 1. The van der Waals surface area contributed by atoms with Crippen LogP contribution in [0, 0.1) is 0 Å². The maximum atomic E-state index is 10.7. The summed E-state index contributed by atoms with van der Waals surface area (Å²) < 4.78 is 0. The smallest absolute Gasteiger partial charge is 0.346 e. The Hall–Kier alpha value is -0.910. The SMILES string of the molecule is NCCNCc1ccsc1C(=O)O. The Morgan fingerprint density at radius 1 is 1.69 bits per heavy atom. The van der Waals surface area contributed by atoms with Crippen LogP contribution in [-0.4, -0.2) is 24.2 Å². The zero-order valence-electron chi connectivity index (χ0n) is 7.12. The van der Waals surface area contributed by atoms with Gasteiger partial charge in [0.15, 0.2) is 0 Å². The highest BCUT2D eigenvalue weighted by atomic mass is 32.1. The molecule has 0 saturated carbocycles. The van der Waals surface area contributed by atoms with Crippen molar-refractivity contribution >= 4 is 17.3 Å². The Labute approximate surface area is 80.4 Å². The Bertz CT molecular complexity index is 285. The van der Waals surface area contributed by atoms with Crippen molar-refractivity contribution in [3.05, 3.63) is 21.9 Å². The number of nitrogens with one attached hydrogen (secondary N) is 1. The fourth-order valence-corrected chi connectivity index (χ4v) is 1.75. The molecule has 1 aromatic heterocycles. The highest BCUT2D eigenvalue weighted by Gasteiger charge is 2.10. The minimum absolute atomic E-state index is 0.407. The van der Waals surface area contributed by atoms with Gasteiger partial charge in [0.2, 0.25) is 0 Å². The number of carbonyl (C=O) groups is 1. The number of carboxylic acids is 1. The van der Waals surface area contributed by atoms with Crippen LogP contribution in [0.5, 0.6) is 0 Å². The summed E-state index contributed by atoms with van der Waals surface area (Å²) in [6.45, 7) is 1.84. The molecular weight excluding hydrogens is 188 g/mol. The number of hydrogen-bond acceptors (Lipinski definition) is 4. The molecule has 0 spiro atoms. The Balaban J connectivity index is 2.55. The summed E-state index contributed by atoms with van der Waals surface area (Å²) in [6, 6.07) is 1.82. The lowest BCUT2D eigenvalue weighted by molar-refractivity contribution is 0.0701. The van der Waals surface area contributed by atoms with Gasteiger partial charge in [0, 0.05) is 19.6 Å². The van der Waals surface area contributed by atoms with Crippen molar-refractivity contribution in [3.63, 3.8) is 0 Å². The van der Waals surface area contributed by atoms with Crippen LogP contribution in [-0.2, 0) is 6.54 Å². The largest absolute Gasteiger partial charge is 0.477 e. The van der Waals surface area contributed by atoms with E-state index in [4.69, 9.17) is 10.8 Å². The monoisotopic (exact) mass is 200 g/mol. The van der Waals surface area contributed by atoms with E-state index in [2.05, 4.69) is 5.32 Å². The summed E-state index contributed by atoms with van der Waals surface area (Å²) >= 11 is 1.24. The molecule has 0 bridgehead atoms. The molecule has 0 aromatic carbocycles. The standard InChI is InChI=1S/C8H12N2O2S/c9-2-3-10-5-6-1-4-13-7(6)8(11)12/h1,4,10H,2-3,5,9H2,(H,11,12). The highest BCUT2D eigenvalue weighted by Crippen LogP contribution is 2.16. The van der Waals surface area contributed by atoms with Gasteiger partial charge >= 0.3 is 5.97 Å². The van der Waals surface area contributed by atoms with Gasteiger partial charge in [-0.05, 0) is 17.0 Å². The second kappa shape index (κ2) is 4.96. The van der Waals surface area contributed by atoms with Crippen LogP contribution in [0.3, 0.4) is 0 Å². The van der Waals surface area contributed by atoms with E-state index in [-0.39, 0.29) is 0 Å². The van der Waals surface area contributed by atoms with Crippen LogP contribution >= 0.6 is 11.3 Å². The number of hydrogen-bond donors (Lipinski definition) is 3. The van der Waals surface area contributed by atoms with E-state index in [1.165, 1.54) is 11.3 Å². The zero-order chi connectivity index (χ0) is 9.68. The van der Waals surface area contributed by atoms with Crippen molar-refractivity contribution in [2.45, 2.75) is 6.54 Å². The lowest BCUT2D eigenvalue weighted by atomic mass is 10.2. The molecule has 0 amide bonds. The van der Waals surface area contributed by atoms with Crippen LogP contribution in [0.25, 0.3) is 0 Å². The molecule has 72 valence electrons. The fourth-order valence-electron chi connectivity index (χ4n) is 0.988. The molecule has 0 aliphatic rings. The second-order valence-electron chi connectivity index (χ2n) is 2.55. The molecule has 4 nitrogen and oxygen atoms in total. The number of rotatable bonds is 5. The highest BCUT2D eigenvalue weighted by molar-refractivity contribution is 7.12. The van der Waals surface area contributed by atoms with Crippen molar-refractivity contribution in [2.75, 3.05) is 13.1 Å². The zero-order valence-corrected chi connectivity index (χ0v) is 7.93. The maximum absolute atomic E-state index is 10.7. The van der Waals surface area contributed by atoms with Crippen molar-refractivity contribution in [2.24, 2.45) is 5.73 Å². The first-order chi connectivity index (χ1) is 6.25. The van der Waals surface area contributed by atoms with Crippen molar-refractivity contribution in [3.8, 4) is 0 Å². The average Bonchev–Trinajstić information content (AvgIpc) is 2.53. The van der Waals surface area contributed by atoms with Crippen molar-refractivity contribution in [1.82, 2.24) is 5.32 Å². The van der Waals surface area contributed by atoms with Gasteiger partial charge < -0.3 is 16.2 Å². The minimum Gasteiger partial charge on any atom is -0.477 e. The van der Waals surface area contributed by atoms with Gasteiger partial charge in [0.05, 0.1) is 0 Å². The Morgan fingerprint density at radius 3 is 3.08 bits per heavy atom. The number of aromatic carboxylic acids is 1. The molecule has 5 heteroatoms. The van der Waals surface area contributed by atoms with Crippen molar-refractivity contribution in [1.29, 1.82) is 0 Å². The summed E-state index contributed by atoms with van der Waals surface area (Å²) in [4.78, 5) is 11.1. The van der Waals surface area contributed by atoms with Crippen LogP contribution in [0.1, 0.15) is 15.2 Å². The Kier molecular flexibility index (Phi) is 3.88. The van der Waals surface area contributed by atoms with E-state index < -0.39 is 5.97 Å². The first kappa shape index (κ1) is 10.2. The molecule has 1 rings (SSSR count). The van der Waals surface area contributed by atoms with Gasteiger partial charge in [0.1, 0.15) is 4.88 Å². The van der Waals surface area contributed by atoms with E-state index in [0.717, 1.165) is 5.56 Å². The average molecular weight is 200 g/mol. The molecule has 1 aromatic rings. The third-order valence-corrected chi connectivity index (χ3v) is 2.52. The third kappa shape index (κ3) is 2.80. The quantitative estimate of drug-likeness (QED) is 0.605. The fraction of sp³-hybridized carbons (Fsp3) is 0.375. The summed E-state index contributed by atoms with van der Waals surface area (Å²) in [6.07, 6.45) is 0. The van der Waals surface area contributed by atoms with E-state index in [1.807, 2.05) is 6.07 Å². The summed E-state index contributed by atoms with van der Waals surface area (Å²) in [5.74, 6) is -0.862. The molecule has 13 heavy (non-hydrogen) atoms. The molecule has 0 atom stereocenters. The number of thiophene rings is 1. The lowest BCUT2D eigenvalue weighted by Crippen LogP contribution is -2.22. The second-order valence-corrected chi connectivity index (χ2v) is 3.46. The van der Waals surface area contributed by atoms with E-state index in [1.54, 1.807) is 5.38 Å².